The molecule has 1 fully saturated rings. The second-order valence-electron chi connectivity index (χ2n) is 6.51. The van der Waals surface area contributed by atoms with Crippen molar-refractivity contribution < 1.29 is 9.53 Å². The number of nitrogens with one attached hydrogen (secondary N) is 1. The van der Waals surface area contributed by atoms with E-state index in [0.717, 1.165) is 17.9 Å². The summed E-state index contributed by atoms with van der Waals surface area (Å²) >= 11 is 6.32. The third-order valence-corrected chi connectivity index (χ3v) is 3.47. The minimum absolute atomic E-state index is 0.229. The molecule has 1 heterocycles. The molecular formula is C15H27ClN2O2. The first-order valence-electron chi connectivity index (χ1n) is 7.27. The number of likely N-dealkylation sites (tertiary alicyclic amines) is 1. The van der Waals surface area contributed by atoms with E-state index >= 15 is 0 Å². The Morgan fingerprint density at radius 1 is 1.35 bits per heavy atom. The van der Waals surface area contributed by atoms with E-state index in [0.29, 0.717) is 25.7 Å². The van der Waals surface area contributed by atoms with Crippen LogP contribution in [0, 0.1) is 0 Å². The van der Waals surface area contributed by atoms with E-state index in [2.05, 4.69) is 19.2 Å². The lowest BCUT2D eigenvalue weighted by molar-refractivity contribution is 0.0236. The van der Waals surface area contributed by atoms with Gasteiger partial charge in [-0.2, -0.15) is 0 Å². The van der Waals surface area contributed by atoms with Crippen LogP contribution < -0.4 is 5.32 Å². The van der Waals surface area contributed by atoms with E-state index in [9.17, 15) is 4.79 Å². The molecule has 5 heteroatoms. The molecule has 0 saturated carbocycles. The minimum Gasteiger partial charge on any atom is -0.444 e. The van der Waals surface area contributed by atoms with Crippen LogP contribution in [-0.2, 0) is 4.74 Å². The average molecular weight is 303 g/mol. The van der Waals surface area contributed by atoms with Gasteiger partial charge in [-0.05, 0) is 33.6 Å². The van der Waals surface area contributed by atoms with Gasteiger partial charge in [-0.3, -0.25) is 0 Å². The number of carbonyl (C=O) groups excluding carboxylic acids is 1. The zero-order valence-corrected chi connectivity index (χ0v) is 14.0. The van der Waals surface area contributed by atoms with Gasteiger partial charge in [-0.25, -0.2) is 4.79 Å². The summed E-state index contributed by atoms with van der Waals surface area (Å²) in [5, 5.41) is 4.20. The SMILES string of the molecule is CC(C)NCC(Cl)=C1CCN(C(=O)OC(C)(C)C)CC1. The largest absolute Gasteiger partial charge is 0.444 e. The van der Waals surface area contributed by atoms with Gasteiger partial charge in [0.2, 0.25) is 0 Å². The Labute approximate surface area is 127 Å². The quantitative estimate of drug-likeness (QED) is 0.867. The molecule has 0 radical (unpaired) electrons. The van der Waals surface area contributed by atoms with Crippen molar-refractivity contribution in [3.05, 3.63) is 10.6 Å². The lowest BCUT2D eigenvalue weighted by Crippen LogP contribution is -2.40. The molecule has 0 aromatic carbocycles. The number of piperidine rings is 1. The molecule has 1 rings (SSSR count). The van der Waals surface area contributed by atoms with Crippen molar-refractivity contribution in [3.8, 4) is 0 Å². The Bertz CT molecular complexity index is 363. The summed E-state index contributed by atoms with van der Waals surface area (Å²) in [5.41, 5.74) is 0.811. The zero-order chi connectivity index (χ0) is 15.3. The van der Waals surface area contributed by atoms with Gasteiger partial charge < -0.3 is 15.0 Å². The molecule has 0 aromatic heterocycles. The normalized spacial score (nSPS) is 16.6. The Morgan fingerprint density at radius 3 is 2.35 bits per heavy atom. The smallest absolute Gasteiger partial charge is 0.410 e. The second kappa shape index (κ2) is 7.32. The van der Waals surface area contributed by atoms with Crippen molar-refractivity contribution in [1.82, 2.24) is 10.2 Å². The van der Waals surface area contributed by atoms with Crippen molar-refractivity contribution in [2.24, 2.45) is 0 Å². The molecule has 1 saturated heterocycles. The molecule has 4 nitrogen and oxygen atoms in total. The molecule has 1 aliphatic rings. The molecule has 1 N–H and O–H groups in total. The molecule has 0 bridgehead atoms. The Balaban J connectivity index is 2.47. The number of hydrogen-bond acceptors (Lipinski definition) is 3. The summed E-state index contributed by atoms with van der Waals surface area (Å²) in [6, 6.07) is 0.422. The van der Waals surface area contributed by atoms with Crippen LogP contribution in [0.1, 0.15) is 47.5 Å². The summed E-state index contributed by atoms with van der Waals surface area (Å²) in [7, 11) is 0. The van der Waals surface area contributed by atoms with Crippen LogP contribution in [0.4, 0.5) is 4.79 Å². The van der Waals surface area contributed by atoms with Crippen LogP contribution in [0.5, 0.6) is 0 Å². The van der Waals surface area contributed by atoms with Gasteiger partial charge in [0, 0.05) is 30.7 Å². The van der Waals surface area contributed by atoms with E-state index < -0.39 is 5.60 Å². The maximum absolute atomic E-state index is 11.9. The number of hydrogen-bond donors (Lipinski definition) is 1. The number of nitrogens with zero attached hydrogens (tertiary/aromatic N) is 1. The van der Waals surface area contributed by atoms with Gasteiger partial charge in [-0.15, -0.1) is 0 Å². The van der Waals surface area contributed by atoms with Gasteiger partial charge in [0.25, 0.3) is 0 Å². The van der Waals surface area contributed by atoms with E-state index in [-0.39, 0.29) is 6.09 Å². The van der Waals surface area contributed by atoms with Crippen LogP contribution >= 0.6 is 11.6 Å². The second-order valence-corrected chi connectivity index (χ2v) is 6.97. The lowest BCUT2D eigenvalue weighted by Gasteiger charge is -2.31. The molecule has 0 atom stereocenters. The molecule has 0 spiro atoms. The minimum atomic E-state index is -0.438. The standard InChI is InChI=1S/C15H27ClN2O2/c1-11(2)17-10-13(16)12-6-8-18(9-7-12)14(19)20-15(3,4)5/h11,17H,6-10H2,1-5H3. The average Bonchev–Trinajstić information content (AvgIpc) is 2.34. The lowest BCUT2D eigenvalue weighted by atomic mass is 10.0. The third kappa shape index (κ3) is 6.14. The maximum Gasteiger partial charge on any atom is 0.410 e. The van der Waals surface area contributed by atoms with Gasteiger partial charge >= 0.3 is 6.09 Å². The number of halogens is 1. The van der Waals surface area contributed by atoms with Gasteiger partial charge in [0.05, 0.1) is 0 Å². The van der Waals surface area contributed by atoms with Gasteiger partial charge in [0.1, 0.15) is 5.60 Å². The van der Waals surface area contributed by atoms with Crippen molar-refractivity contribution in [3.63, 3.8) is 0 Å². The Hall–Kier alpha value is -0.740. The number of ether oxygens (including phenoxy) is 1. The zero-order valence-electron chi connectivity index (χ0n) is 13.3. The highest BCUT2D eigenvalue weighted by atomic mass is 35.5. The highest BCUT2D eigenvalue weighted by Gasteiger charge is 2.25. The first-order chi connectivity index (χ1) is 9.19. The topological polar surface area (TPSA) is 41.6 Å². The molecule has 0 aliphatic carbocycles. The maximum atomic E-state index is 11.9. The van der Waals surface area contributed by atoms with E-state index in [1.165, 1.54) is 5.57 Å². The monoisotopic (exact) mass is 302 g/mol. The molecule has 0 unspecified atom stereocenters. The number of rotatable bonds is 3. The summed E-state index contributed by atoms with van der Waals surface area (Å²) in [5.74, 6) is 0. The molecule has 1 amide bonds. The number of amides is 1. The molecule has 116 valence electrons. The molecule has 20 heavy (non-hydrogen) atoms. The molecule has 1 aliphatic heterocycles. The Kier molecular flexibility index (Phi) is 6.34. The van der Waals surface area contributed by atoms with Crippen LogP contribution in [0.2, 0.25) is 0 Å². The Morgan fingerprint density at radius 2 is 1.90 bits per heavy atom. The molecule has 0 aromatic rings. The fourth-order valence-corrected chi connectivity index (χ4v) is 2.24. The van der Waals surface area contributed by atoms with Crippen molar-refractivity contribution in [2.45, 2.75) is 59.1 Å². The highest BCUT2D eigenvalue weighted by molar-refractivity contribution is 6.30. The first kappa shape index (κ1) is 17.3. The van der Waals surface area contributed by atoms with Crippen LogP contribution in [0.15, 0.2) is 10.6 Å². The van der Waals surface area contributed by atoms with Crippen molar-refractivity contribution >= 4 is 17.7 Å². The van der Waals surface area contributed by atoms with Gasteiger partial charge in [0.15, 0.2) is 0 Å². The summed E-state index contributed by atoms with van der Waals surface area (Å²) in [4.78, 5) is 13.7. The summed E-state index contributed by atoms with van der Waals surface area (Å²) in [6.45, 7) is 11.9. The summed E-state index contributed by atoms with van der Waals surface area (Å²) in [6.07, 6.45) is 1.43. The fraction of sp³-hybridized carbons (Fsp3) is 0.800. The fourth-order valence-electron chi connectivity index (χ4n) is 1.98. The van der Waals surface area contributed by atoms with Crippen molar-refractivity contribution in [1.29, 1.82) is 0 Å². The van der Waals surface area contributed by atoms with E-state index in [1.54, 1.807) is 4.90 Å². The van der Waals surface area contributed by atoms with Crippen LogP contribution in [0.25, 0.3) is 0 Å². The highest BCUT2D eigenvalue weighted by Crippen LogP contribution is 2.23. The number of carbonyl (C=O) groups is 1. The third-order valence-electron chi connectivity index (χ3n) is 3.07. The van der Waals surface area contributed by atoms with E-state index in [1.807, 2.05) is 20.8 Å². The molecular weight excluding hydrogens is 276 g/mol. The van der Waals surface area contributed by atoms with Crippen LogP contribution in [0.3, 0.4) is 0 Å². The predicted octanol–water partition coefficient (Wildman–Crippen LogP) is 3.51. The van der Waals surface area contributed by atoms with Gasteiger partial charge in [-0.1, -0.05) is 31.0 Å². The summed E-state index contributed by atoms with van der Waals surface area (Å²) < 4.78 is 5.38. The van der Waals surface area contributed by atoms with Crippen LogP contribution in [-0.4, -0.2) is 42.3 Å². The predicted molar refractivity (Wildman–Crippen MR) is 83.1 cm³/mol. The van der Waals surface area contributed by atoms with E-state index in [4.69, 9.17) is 16.3 Å². The first-order valence-corrected chi connectivity index (χ1v) is 7.64. The van der Waals surface area contributed by atoms with Crippen molar-refractivity contribution in [2.75, 3.05) is 19.6 Å².